The Bertz CT molecular complexity index is 389. The zero-order chi connectivity index (χ0) is 13.8. The van der Waals surface area contributed by atoms with Crippen molar-refractivity contribution in [1.82, 2.24) is 24.9 Å². The van der Waals surface area contributed by atoms with E-state index >= 15 is 0 Å². The molecule has 0 bridgehead atoms. The molecular formula is C14H27N5. The molecule has 108 valence electrons. The summed E-state index contributed by atoms with van der Waals surface area (Å²) in [6, 6.07) is 3.14. The topological polar surface area (TPSA) is 36.3 Å². The van der Waals surface area contributed by atoms with Crippen molar-refractivity contribution in [3.63, 3.8) is 0 Å². The molecule has 0 amide bonds. The predicted molar refractivity (Wildman–Crippen MR) is 78.3 cm³/mol. The van der Waals surface area contributed by atoms with E-state index in [4.69, 9.17) is 0 Å². The molecule has 1 aliphatic heterocycles. The van der Waals surface area contributed by atoms with Gasteiger partial charge in [-0.25, -0.2) is 0 Å². The molecule has 2 atom stereocenters. The van der Waals surface area contributed by atoms with Crippen LogP contribution in [0.2, 0.25) is 0 Å². The fourth-order valence-electron chi connectivity index (χ4n) is 2.88. The second kappa shape index (κ2) is 6.50. The van der Waals surface area contributed by atoms with Gasteiger partial charge in [0.05, 0.1) is 5.69 Å². The largest absolute Gasteiger partial charge is 0.312 e. The van der Waals surface area contributed by atoms with Crippen molar-refractivity contribution in [1.29, 1.82) is 0 Å². The summed E-state index contributed by atoms with van der Waals surface area (Å²) in [4.78, 5) is 4.91. The lowest BCUT2D eigenvalue weighted by molar-refractivity contribution is 0.0878. The zero-order valence-corrected chi connectivity index (χ0v) is 12.6. The first-order valence-electron chi connectivity index (χ1n) is 7.21. The van der Waals surface area contributed by atoms with Gasteiger partial charge in [0, 0.05) is 51.4 Å². The molecule has 1 N–H and O–H groups in total. The molecule has 0 spiro atoms. The summed E-state index contributed by atoms with van der Waals surface area (Å²) in [5, 5.41) is 8.16. The first kappa shape index (κ1) is 14.5. The highest BCUT2D eigenvalue weighted by molar-refractivity contribution is 5.04. The number of nitrogens with zero attached hydrogens (tertiary/aromatic N) is 4. The van der Waals surface area contributed by atoms with E-state index < -0.39 is 0 Å². The van der Waals surface area contributed by atoms with Crippen LogP contribution in [0.4, 0.5) is 0 Å². The third kappa shape index (κ3) is 3.78. The minimum atomic E-state index is 0.465. The fourth-order valence-corrected chi connectivity index (χ4v) is 2.88. The van der Waals surface area contributed by atoms with Crippen molar-refractivity contribution >= 4 is 0 Å². The lowest BCUT2D eigenvalue weighted by Crippen LogP contribution is -2.59. The third-order valence-corrected chi connectivity index (χ3v) is 4.03. The quantitative estimate of drug-likeness (QED) is 0.824. The summed E-state index contributed by atoms with van der Waals surface area (Å²) in [5.74, 6) is 0. The van der Waals surface area contributed by atoms with Crippen molar-refractivity contribution in [3.8, 4) is 0 Å². The smallest absolute Gasteiger partial charge is 0.0640 e. The van der Waals surface area contributed by atoms with E-state index in [-0.39, 0.29) is 0 Å². The van der Waals surface area contributed by atoms with Gasteiger partial charge in [-0.3, -0.25) is 9.58 Å². The van der Waals surface area contributed by atoms with Crippen LogP contribution >= 0.6 is 0 Å². The van der Waals surface area contributed by atoms with Crippen molar-refractivity contribution in [2.45, 2.75) is 25.4 Å². The van der Waals surface area contributed by atoms with Crippen LogP contribution in [-0.4, -0.2) is 71.9 Å². The molecule has 0 saturated carbocycles. The molecule has 0 radical (unpaired) electrons. The summed E-state index contributed by atoms with van der Waals surface area (Å²) in [6.07, 6.45) is 3.02. The van der Waals surface area contributed by atoms with Crippen molar-refractivity contribution in [2.75, 3.05) is 40.3 Å². The fraction of sp³-hybridized carbons (Fsp3) is 0.786. The number of hydrogen-bond donors (Lipinski definition) is 1. The van der Waals surface area contributed by atoms with E-state index in [0.717, 1.165) is 32.6 Å². The highest BCUT2D eigenvalue weighted by Crippen LogP contribution is 2.13. The van der Waals surface area contributed by atoms with Gasteiger partial charge in [0.2, 0.25) is 0 Å². The van der Waals surface area contributed by atoms with Gasteiger partial charge in [-0.1, -0.05) is 6.92 Å². The van der Waals surface area contributed by atoms with Crippen molar-refractivity contribution in [3.05, 3.63) is 18.0 Å². The second-order valence-corrected chi connectivity index (χ2v) is 5.66. The maximum Gasteiger partial charge on any atom is 0.0640 e. The van der Waals surface area contributed by atoms with E-state index in [1.54, 1.807) is 0 Å². The number of aryl methyl sites for hydroxylation is 1. The van der Waals surface area contributed by atoms with Gasteiger partial charge in [-0.05, 0) is 26.7 Å². The van der Waals surface area contributed by atoms with Gasteiger partial charge in [0.1, 0.15) is 0 Å². The molecule has 2 unspecified atom stereocenters. The second-order valence-electron chi connectivity index (χ2n) is 5.66. The number of likely N-dealkylation sites (N-methyl/N-ethyl adjacent to an activating group) is 3. The van der Waals surface area contributed by atoms with Gasteiger partial charge in [0.15, 0.2) is 0 Å². The molecule has 1 aliphatic rings. The van der Waals surface area contributed by atoms with Crippen molar-refractivity contribution < 1.29 is 0 Å². The lowest BCUT2D eigenvalue weighted by atomic mass is 9.99. The summed E-state index contributed by atoms with van der Waals surface area (Å²) >= 11 is 0. The molecular weight excluding hydrogens is 238 g/mol. The van der Waals surface area contributed by atoms with Crippen LogP contribution in [0.1, 0.15) is 12.6 Å². The summed E-state index contributed by atoms with van der Waals surface area (Å²) in [5.41, 5.74) is 1.18. The van der Waals surface area contributed by atoms with Gasteiger partial charge in [0.25, 0.3) is 0 Å². The average Bonchev–Trinajstić information content (AvgIpc) is 2.77. The maximum absolute atomic E-state index is 4.52. The number of piperazine rings is 1. The van der Waals surface area contributed by atoms with E-state index in [9.17, 15) is 0 Å². The maximum atomic E-state index is 4.52. The lowest BCUT2D eigenvalue weighted by Gasteiger charge is -2.42. The molecule has 2 rings (SSSR count). The summed E-state index contributed by atoms with van der Waals surface area (Å²) < 4.78 is 1.88. The molecule has 1 aromatic rings. The van der Waals surface area contributed by atoms with Crippen LogP contribution in [0, 0.1) is 0 Å². The first-order valence-corrected chi connectivity index (χ1v) is 7.21. The van der Waals surface area contributed by atoms with E-state index in [1.165, 1.54) is 5.69 Å². The van der Waals surface area contributed by atoms with Crippen LogP contribution in [0.3, 0.4) is 0 Å². The third-order valence-electron chi connectivity index (χ3n) is 4.03. The van der Waals surface area contributed by atoms with Gasteiger partial charge >= 0.3 is 0 Å². The van der Waals surface area contributed by atoms with E-state index in [2.05, 4.69) is 47.3 Å². The van der Waals surface area contributed by atoms with Crippen LogP contribution in [0.5, 0.6) is 0 Å². The van der Waals surface area contributed by atoms with Crippen LogP contribution in [0.15, 0.2) is 12.3 Å². The molecule has 0 aliphatic carbocycles. The van der Waals surface area contributed by atoms with Crippen LogP contribution in [0.25, 0.3) is 0 Å². The molecule has 1 fully saturated rings. The minimum absolute atomic E-state index is 0.465. The number of nitrogens with one attached hydrogen (secondary N) is 1. The number of hydrogen-bond acceptors (Lipinski definition) is 4. The molecule has 2 heterocycles. The van der Waals surface area contributed by atoms with Crippen molar-refractivity contribution in [2.24, 2.45) is 7.05 Å². The Kier molecular flexibility index (Phi) is 4.96. The normalized spacial score (nSPS) is 23.7. The van der Waals surface area contributed by atoms with Crippen LogP contribution < -0.4 is 5.32 Å². The van der Waals surface area contributed by atoms with Gasteiger partial charge in [-0.15, -0.1) is 0 Å². The monoisotopic (exact) mass is 265 g/mol. The van der Waals surface area contributed by atoms with E-state index in [1.807, 2.05) is 17.9 Å². The Morgan fingerprint density at radius 3 is 2.79 bits per heavy atom. The Morgan fingerprint density at radius 2 is 2.16 bits per heavy atom. The molecule has 1 aromatic heterocycles. The zero-order valence-electron chi connectivity index (χ0n) is 12.6. The minimum Gasteiger partial charge on any atom is -0.312 e. The first-order chi connectivity index (χ1) is 9.10. The van der Waals surface area contributed by atoms with Gasteiger partial charge in [-0.2, -0.15) is 5.10 Å². The predicted octanol–water partition coefficient (Wildman–Crippen LogP) is 0.187. The highest BCUT2D eigenvalue weighted by Gasteiger charge is 2.29. The average molecular weight is 265 g/mol. The number of aromatic nitrogens is 2. The molecule has 19 heavy (non-hydrogen) atoms. The Labute approximate surface area is 116 Å². The molecule has 0 aromatic carbocycles. The SMILES string of the molecule is CCNC(Cc1ccn(C)n1)C1CN(C)CCN1C. The van der Waals surface area contributed by atoms with Gasteiger partial charge < -0.3 is 10.2 Å². The standard InChI is InChI=1S/C14H27N5/c1-5-15-13(10-12-6-7-19(4)16-12)14-11-17(2)8-9-18(14)3/h6-7,13-15H,5,8-11H2,1-4H3. The molecule has 1 saturated heterocycles. The summed E-state index contributed by atoms with van der Waals surface area (Å²) in [7, 11) is 6.43. The Balaban J connectivity index is 2.05. The van der Waals surface area contributed by atoms with E-state index in [0.29, 0.717) is 12.1 Å². The summed E-state index contributed by atoms with van der Waals surface area (Å²) in [6.45, 7) is 6.62. The molecule has 5 heteroatoms. The Hall–Kier alpha value is -0.910. The Morgan fingerprint density at radius 1 is 1.37 bits per heavy atom. The molecule has 5 nitrogen and oxygen atoms in total. The number of rotatable bonds is 5. The van der Waals surface area contributed by atoms with Crippen LogP contribution in [-0.2, 0) is 13.5 Å². The highest BCUT2D eigenvalue weighted by atomic mass is 15.3.